The molecule has 0 fully saturated rings. The van der Waals surface area contributed by atoms with E-state index in [0.717, 1.165) is 5.56 Å². The number of aromatic nitrogens is 2. The number of phenols is 1. The van der Waals surface area contributed by atoms with Crippen LogP contribution in [0.15, 0.2) is 72.8 Å². The number of methoxy groups -OCH3 is 1. The molecule has 0 unspecified atom stereocenters. The van der Waals surface area contributed by atoms with Crippen LogP contribution in [0, 0.1) is 0 Å². The average molecular weight is 441 g/mol. The largest absolute Gasteiger partial charge is 0.504 e. The third-order valence-electron chi connectivity index (χ3n) is 5.73. The summed E-state index contributed by atoms with van der Waals surface area (Å²) in [5.41, 5.74) is 3.90. The van der Waals surface area contributed by atoms with Gasteiger partial charge in [0, 0.05) is 16.8 Å². The summed E-state index contributed by atoms with van der Waals surface area (Å²) in [5, 5.41) is 26.7. The van der Waals surface area contributed by atoms with Gasteiger partial charge in [-0.15, -0.1) is 0 Å². The monoisotopic (exact) mass is 441 g/mol. The molecule has 1 aliphatic rings. The molecule has 33 heavy (non-hydrogen) atoms. The van der Waals surface area contributed by atoms with Crippen LogP contribution >= 0.6 is 0 Å². The van der Waals surface area contributed by atoms with Crippen LogP contribution in [0.5, 0.6) is 11.5 Å². The second kappa shape index (κ2) is 7.83. The summed E-state index contributed by atoms with van der Waals surface area (Å²) >= 11 is 0. The molecule has 2 heterocycles. The number of hydrogen-bond donors (Lipinski definition) is 3. The van der Waals surface area contributed by atoms with E-state index in [1.165, 1.54) is 25.3 Å². The van der Waals surface area contributed by atoms with Gasteiger partial charge < -0.3 is 14.9 Å². The quantitative estimate of drug-likeness (QED) is 0.427. The van der Waals surface area contributed by atoms with Crippen LogP contribution in [0.4, 0.5) is 5.69 Å². The molecule has 0 bridgehead atoms. The van der Waals surface area contributed by atoms with Crippen LogP contribution < -0.4 is 9.64 Å². The molecule has 164 valence electrons. The van der Waals surface area contributed by atoms with Crippen molar-refractivity contribution in [2.45, 2.75) is 6.04 Å². The Kier molecular flexibility index (Phi) is 4.82. The lowest BCUT2D eigenvalue weighted by molar-refractivity contribution is 0.0696. The van der Waals surface area contributed by atoms with Crippen molar-refractivity contribution < 1.29 is 24.5 Å². The SMILES string of the molecule is COc1cc([C@H]2c3c(-c4ccccc4)n[nH]c3C(=O)N2c2ccc(C(=O)O)cc2)ccc1O. The molecule has 0 aliphatic carbocycles. The number of nitrogens with zero attached hydrogens (tertiary/aromatic N) is 2. The Labute approximate surface area is 188 Å². The number of nitrogens with one attached hydrogen (secondary N) is 1. The van der Waals surface area contributed by atoms with Gasteiger partial charge in [-0.1, -0.05) is 36.4 Å². The van der Waals surface area contributed by atoms with E-state index in [0.29, 0.717) is 28.2 Å². The van der Waals surface area contributed by atoms with Crippen molar-refractivity contribution in [3.63, 3.8) is 0 Å². The standard InChI is InChI=1S/C25H19N3O5/c1-33-19-13-16(9-12-18(19)29)23-20-21(14-5-3-2-4-6-14)26-27-22(20)24(30)28(23)17-10-7-15(8-11-17)25(31)32/h2-13,23,29H,1H3,(H,26,27)(H,31,32)/t23-/m0/s1. The number of anilines is 1. The van der Waals surface area contributed by atoms with Crippen molar-refractivity contribution >= 4 is 17.6 Å². The summed E-state index contributed by atoms with van der Waals surface area (Å²) in [6, 6.07) is 20.0. The number of aromatic amines is 1. The molecule has 8 heteroatoms. The van der Waals surface area contributed by atoms with E-state index in [1.807, 2.05) is 30.3 Å². The summed E-state index contributed by atoms with van der Waals surface area (Å²) in [6.07, 6.45) is 0. The second-order valence-corrected chi connectivity index (χ2v) is 7.59. The van der Waals surface area contributed by atoms with Crippen molar-refractivity contribution in [2.75, 3.05) is 12.0 Å². The number of carboxylic acid groups (broad SMARTS) is 1. The van der Waals surface area contributed by atoms with E-state index in [4.69, 9.17) is 4.74 Å². The molecular weight excluding hydrogens is 422 g/mol. The maximum atomic E-state index is 13.5. The Morgan fingerprint density at radius 2 is 1.79 bits per heavy atom. The van der Waals surface area contributed by atoms with Crippen LogP contribution in [0.3, 0.4) is 0 Å². The molecular formula is C25H19N3O5. The van der Waals surface area contributed by atoms with Crippen LogP contribution in [-0.2, 0) is 0 Å². The van der Waals surface area contributed by atoms with Gasteiger partial charge in [-0.3, -0.25) is 14.8 Å². The van der Waals surface area contributed by atoms with E-state index in [-0.39, 0.29) is 23.0 Å². The minimum absolute atomic E-state index is 0.0152. The zero-order valence-corrected chi connectivity index (χ0v) is 17.5. The van der Waals surface area contributed by atoms with E-state index in [2.05, 4.69) is 10.2 Å². The number of aromatic carboxylic acids is 1. The van der Waals surface area contributed by atoms with E-state index < -0.39 is 12.0 Å². The third-order valence-corrected chi connectivity index (χ3v) is 5.73. The lowest BCUT2D eigenvalue weighted by Crippen LogP contribution is -2.29. The highest BCUT2D eigenvalue weighted by Gasteiger charge is 2.43. The lowest BCUT2D eigenvalue weighted by Gasteiger charge is -2.27. The zero-order chi connectivity index (χ0) is 23.1. The van der Waals surface area contributed by atoms with Gasteiger partial charge in [0.1, 0.15) is 5.69 Å². The molecule has 0 saturated carbocycles. The van der Waals surface area contributed by atoms with Crippen LogP contribution in [0.25, 0.3) is 11.3 Å². The molecule has 0 saturated heterocycles. The molecule has 4 aromatic rings. The molecule has 1 atom stereocenters. The first-order valence-electron chi connectivity index (χ1n) is 10.2. The van der Waals surface area contributed by atoms with Crippen LogP contribution in [0.2, 0.25) is 0 Å². The molecule has 3 N–H and O–H groups in total. The van der Waals surface area contributed by atoms with E-state index in [9.17, 15) is 19.8 Å². The Morgan fingerprint density at radius 3 is 2.45 bits per heavy atom. The average Bonchev–Trinajstić information content (AvgIpc) is 3.39. The number of carbonyl (C=O) groups excluding carboxylic acids is 1. The Hall–Kier alpha value is -4.59. The summed E-state index contributed by atoms with van der Waals surface area (Å²) < 4.78 is 5.30. The summed E-state index contributed by atoms with van der Waals surface area (Å²) in [4.78, 5) is 26.4. The molecule has 0 radical (unpaired) electrons. The molecule has 0 spiro atoms. The lowest BCUT2D eigenvalue weighted by atomic mass is 9.95. The number of carbonyl (C=O) groups is 2. The predicted molar refractivity (Wildman–Crippen MR) is 121 cm³/mol. The molecule has 8 nitrogen and oxygen atoms in total. The molecule has 1 amide bonds. The van der Waals surface area contributed by atoms with E-state index >= 15 is 0 Å². The van der Waals surface area contributed by atoms with Crippen molar-refractivity contribution in [2.24, 2.45) is 0 Å². The highest BCUT2D eigenvalue weighted by molar-refractivity contribution is 6.12. The normalized spacial score (nSPS) is 14.9. The number of benzene rings is 3. The van der Waals surface area contributed by atoms with E-state index in [1.54, 1.807) is 29.2 Å². The van der Waals surface area contributed by atoms with Crippen molar-refractivity contribution in [1.82, 2.24) is 10.2 Å². The van der Waals surface area contributed by atoms with Crippen LogP contribution in [0.1, 0.15) is 38.0 Å². The minimum atomic E-state index is -1.05. The highest BCUT2D eigenvalue weighted by atomic mass is 16.5. The maximum absolute atomic E-state index is 13.5. The first-order valence-corrected chi connectivity index (χ1v) is 10.2. The maximum Gasteiger partial charge on any atom is 0.335 e. The number of amides is 1. The topological polar surface area (TPSA) is 116 Å². The number of rotatable bonds is 5. The van der Waals surface area contributed by atoms with Crippen molar-refractivity contribution in [3.05, 3.63) is 95.2 Å². The zero-order valence-electron chi connectivity index (χ0n) is 17.5. The van der Waals surface area contributed by atoms with Crippen LogP contribution in [-0.4, -0.2) is 39.4 Å². The van der Waals surface area contributed by atoms with Gasteiger partial charge in [0.25, 0.3) is 5.91 Å². The summed E-state index contributed by atoms with van der Waals surface area (Å²) in [7, 11) is 1.46. The number of phenolic OH excluding ortho intramolecular Hbond substituents is 1. The smallest absolute Gasteiger partial charge is 0.335 e. The molecule has 1 aromatic heterocycles. The molecule has 3 aromatic carbocycles. The number of carboxylic acids is 1. The van der Waals surface area contributed by atoms with Crippen molar-refractivity contribution in [3.8, 4) is 22.8 Å². The Bertz CT molecular complexity index is 1360. The number of H-pyrrole nitrogens is 1. The summed E-state index contributed by atoms with van der Waals surface area (Å²) in [5.74, 6) is -1.08. The van der Waals surface area contributed by atoms with Gasteiger partial charge >= 0.3 is 5.97 Å². The second-order valence-electron chi connectivity index (χ2n) is 7.59. The van der Waals surface area contributed by atoms with Gasteiger partial charge in [0.05, 0.1) is 24.4 Å². The fourth-order valence-corrected chi connectivity index (χ4v) is 4.17. The Morgan fingerprint density at radius 1 is 1.06 bits per heavy atom. The van der Waals surface area contributed by atoms with Gasteiger partial charge in [-0.25, -0.2) is 4.79 Å². The summed E-state index contributed by atoms with van der Waals surface area (Å²) in [6.45, 7) is 0. The van der Waals surface area contributed by atoms with Gasteiger partial charge in [0.2, 0.25) is 0 Å². The number of fused-ring (bicyclic) bond motifs is 1. The Balaban J connectivity index is 1.71. The first kappa shape index (κ1) is 20.3. The third kappa shape index (κ3) is 3.28. The number of aromatic hydroxyl groups is 1. The van der Waals surface area contributed by atoms with Crippen molar-refractivity contribution in [1.29, 1.82) is 0 Å². The van der Waals surface area contributed by atoms with Gasteiger partial charge in [0.15, 0.2) is 11.5 Å². The fourth-order valence-electron chi connectivity index (χ4n) is 4.17. The van der Waals surface area contributed by atoms with Gasteiger partial charge in [-0.05, 0) is 42.0 Å². The van der Waals surface area contributed by atoms with Gasteiger partial charge in [-0.2, -0.15) is 5.10 Å². The number of ether oxygens (including phenoxy) is 1. The first-order chi connectivity index (χ1) is 16.0. The molecule has 5 rings (SSSR count). The highest BCUT2D eigenvalue weighted by Crippen LogP contribution is 2.46. The number of hydrogen-bond acceptors (Lipinski definition) is 5. The minimum Gasteiger partial charge on any atom is -0.504 e. The predicted octanol–water partition coefficient (Wildman–Crippen LogP) is 4.24. The fraction of sp³-hybridized carbons (Fsp3) is 0.0800. The molecule has 1 aliphatic heterocycles.